The summed E-state index contributed by atoms with van der Waals surface area (Å²) in [5.74, 6) is 0.0200. The molecule has 1 aliphatic rings. The molecule has 4 nitrogen and oxygen atoms in total. The van der Waals surface area contributed by atoms with E-state index in [4.69, 9.17) is 4.74 Å². The van der Waals surface area contributed by atoms with Crippen molar-refractivity contribution in [1.82, 2.24) is 10.3 Å². The van der Waals surface area contributed by atoms with E-state index in [1.807, 2.05) is 6.07 Å². The first kappa shape index (κ1) is 12.3. The van der Waals surface area contributed by atoms with Crippen LogP contribution in [0.2, 0.25) is 0 Å². The number of Topliss-reactive ketones (excluding diaryl/α,β-unsaturated/α-hetero) is 1. The number of hydrogen-bond donors (Lipinski definition) is 2. The van der Waals surface area contributed by atoms with Crippen molar-refractivity contribution in [3.8, 4) is 0 Å². The molecule has 0 aromatic carbocycles. The molecule has 0 radical (unpaired) electrons. The number of ether oxygens (including phenoxy) is 1. The molecule has 0 spiro atoms. The lowest BCUT2D eigenvalue weighted by molar-refractivity contribution is 0.0732. The van der Waals surface area contributed by atoms with Crippen LogP contribution in [0.4, 0.5) is 0 Å². The molecule has 17 heavy (non-hydrogen) atoms. The van der Waals surface area contributed by atoms with Crippen molar-refractivity contribution in [1.29, 1.82) is 0 Å². The molecule has 0 bridgehead atoms. The standard InChI is InChI=1S/C13H20N2O2/c16-13(12-5-3-8-15-12)10-17-9-6-11-4-1-2-7-14-11/h3,5,8,11,14-15H,1-2,4,6-7,9-10H2/t11-/m1/s1. The van der Waals surface area contributed by atoms with E-state index < -0.39 is 0 Å². The quantitative estimate of drug-likeness (QED) is 0.584. The van der Waals surface area contributed by atoms with Crippen molar-refractivity contribution in [2.24, 2.45) is 0 Å². The van der Waals surface area contributed by atoms with E-state index in [0.717, 1.165) is 13.0 Å². The Balaban J connectivity index is 1.58. The molecule has 1 aromatic heterocycles. The molecule has 1 saturated heterocycles. The molecule has 0 unspecified atom stereocenters. The van der Waals surface area contributed by atoms with Crippen LogP contribution in [-0.2, 0) is 4.74 Å². The molecule has 1 aliphatic heterocycles. The van der Waals surface area contributed by atoms with Crippen LogP contribution in [0.3, 0.4) is 0 Å². The Labute approximate surface area is 102 Å². The minimum absolute atomic E-state index is 0.0200. The highest BCUT2D eigenvalue weighted by atomic mass is 16.5. The minimum atomic E-state index is 0.0200. The summed E-state index contributed by atoms with van der Waals surface area (Å²) >= 11 is 0. The minimum Gasteiger partial charge on any atom is -0.373 e. The molecule has 0 aliphatic carbocycles. The fourth-order valence-electron chi connectivity index (χ4n) is 2.14. The van der Waals surface area contributed by atoms with E-state index >= 15 is 0 Å². The van der Waals surface area contributed by atoms with Crippen molar-refractivity contribution >= 4 is 5.78 Å². The summed E-state index contributed by atoms with van der Waals surface area (Å²) in [5.41, 5.74) is 0.626. The summed E-state index contributed by atoms with van der Waals surface area (Å²) in [5, 5.41) is 3.46. The number of carbonyl (C=O) groups is 1. The summed E-state index contributed by atoms with van der Waals surface area (Å²) in [4.78, 5) is 14.5. The first-order chi connectivity index (χ1) is 8.36. The Hall–Kier alpha value is -1.13. The van der Waals surface area contributed by atoms with Gasteiger partial charge in [-0.25, -0.2) is 0 Å². The summed E-state index contributed by atoms with van der Waals surface area (Å²) in [6.45, 7) is 1.95. The van der Waals surface area contributed by atoms with Gasteiger partial charge in [-0.1, -0.05) is 6.42 Å². The third-order valence-corrected chi connectivity index (χ3v) is 3.15. The van der Waals surface area contributed by atoms with E-state index in [2.05, 4.69) is 10.3 Å². The van der Waals surface area contributed by atoms with Crippen molar-refractivity contribution in [2.45, 2.75) is 31.7 Å². The lowest BCUT2D eigenvalue weighted by Crippen LogP contribution is -2.34. The second kappa shape index (κ2) is 6.57. The highest BCUT2D eigenvalue weighted by Crippen LogP contribution is 2.09. The van der Waals surface area contributed by atoms with Gasteiger partial charge in [-0.3, -0.25) is 4.79 Å². The van der Waals surface area contributed by atoms with Crippen molar-refractivity contribution in [3.63, 3.8) is 0 Å². The molecule has 94 valence electrons. The number of nitrogens with one attached hydrogen (secondary N) is 2. The molecule has 0 saturated carbocycles. The van der Waals surface area contributed by atoms with Crippen LogP contribution in [0.1, 0.15) is 36.2 Å². The van der Waals surface area contributed by atoms with Gasteiger partial charge in [0.25, 0.3) is 0 Å². The summed E-state index contributed by atoms with van der Waals surface area (Å²) < 4.78 is 5.41. The van der Waals surface area contributed by atoms with Crippen LogP contribution in [0, 0.1) is 0 Å². The zero-order chi connectivity index (χ0) is 11.9. The lowest BCUT2D eigenvalue weighted by Gasteiger charge is -2.23. The van der Waals surface area contributed by atoms with Gasteiger partial charge in [0.15, 0.2) is 0 Å². The normalized spacial score (nSPS) is 20.4. The monoisotopic (exact) mass is 236 g/mol. The molecule has 2 N–H and O–H groups in total. The molecule has 1 atom stereocenters. The number of ketones is 1. The number of aromatic nitrogens is 1. The number of piperidine rings is 1. The molecular formula is C13H20N2O2. The number of rotatable bonds is 6. The molecule has 1 aromatic rings. The van der Waals surface area contributed by atoms with Crippen molar-refractivity contribution in [3.05, 3.63) is 24.0 Å². The Bertz CT molecular complexity index is 329. The predicted octanol–water partition coefficient (Wildman–Crippen LogP) is 1.75. The SMILES string of the molecule is O=C(COCC[C@H]1CCCCN1)c1ccc[nH]1. The van der Waals surface area contributed by atoms with Gasteiger partial charge < -0.3 is 15.0 Å². The average Bonchev–Trinajstić information content (AvgIpc) is 2.89. The number of aromatic amines is 1. The van der Waals surface area contributed by atoms with Gasteiger partial charge in [-0.15, -0.1) is 0 Å². The third kappa shape index (κ3) is 3.98. The van der Waals surface area contributed by atoms with Crippen LogP contribution >= 0.6 is 0 Å². The van der Waals surface area contributed by atoms with Crippen LogP contribution in [0.15, 0.2) is 18.3 Å². The Morgan fingerprint density at radius 2 is 2.41 bits per heavy atom. The third-order valence-electron chi connectivity index (χ3n) is 3.15. The van der Waals surface area contributed by atoms with Crippen molar-refractivity contribution < 1.29 is 9.53 Å². The molecule has 2 rings (SSSR count). The Kier molecular flexibility index (Phi) is 4.76. The Morgan fingerprint density at radius 1 is 1.47 bits per heavy atom. The zero-order valence-corrected chi connectivity index (χ0v) is 10.1. The molecular weight excluding hydrogens is 216 g/mol. The topological polar surface area (TPSA) is 54.1 Å². The van der Waals surface area contributed by atoms with Crippen LogP contribution in [0.25, 0.3) is 0 Å². The predicted molar refractivity (Wildman–Crippen MR) is 66.2 cm³/mol. The summed E-state index contributed by atoms with van der Waals surface area (Å²) in [6, 6.07) is 4.16. The smallest absolute Gasteiger partial charge is 0.204 e. The van der Waals surface area contributed by atoms with Gasteiger partial charge in [-0.05, 0) is 37.9 Å². The number of H-pyrrole nitrogens is 1. The maximum absolute atomic E-state index is 11.6. The van der Waals surface area contributed by atoms with Gasteiger partial charge in [0.2, 0.25) is 5.78 Å². The van der Waals surface area contributed by atoms with Gasteiger partial charge in [0.1, 0.15) is 6.61 Å². The zero-order valence-electron chi connectivity index (χ0n) is 10.1. The van der Waals surface area contributed by atoms with E-state index in [1.54, 1.807) is 12.3 Å². The van der Waals surface area contributed by atoms with E-state index in [0.29, 0.717) is 18.3 Å². The molecule has 1 fully saturated rings. The highest BCUT2D eigenvalue weighted by molar-refractivity contribution is 5.95. The fraction of sp³-hybridized carbons (Fsp3) is 0.615. The maximum Gasteiger partial charge on any atom is 0.204 e. The fourth-order valence-corrected chi connectivity index (χ4v) is 2.14. The second-order valence-electron chi connectivity index (χ2n) is 4.50. The van der Waals surface area contributed by atoms with Crippen LogP contribution in [0.5, 0.6) is 0 Å². The van der Waals surface area contributed by atoms with Gasteiger partial charge in [0, 0.05) is 18.8 Å². The summed E-state index contributed by atoms with van der Waals surface area (Å²) in [7, 11) is 0. The van der Waals surface area contributed by atoms with Crippen LogP contribution in [-0.4, -0.2) is 36.6 Å². The maximum atomic E-state index is 11.6. The van der Waals surface area contributed by atoms with Crippen LogP contribution < -0.4 is 5.32 Å². The van der Waals surface area contributed by atoms with E-state index in [-0.39, 0.29) is 12.4 Å². The number of hydrogen-bond acceptors (Lipinski definition) is 3. The molecule has 0 amide bonds. The van der Waals surface area contributed by atoms with Gasteiger partial charge >= 0.3 is 0 Å². The largest absolute Gasteiger partial charge is 0.373 e. The molecule has 2 heterocycles. The molecule has 4 heteroatoms. The number of carbonyl (C=O) groups excluding carboxylic acids is 1. The van der Waals surface area contributed by atoms with E-state index in [1.165, 1.54) is 19.3 Å². The Morgan fingerprint density at radius 3 is 3.12 bits per heavy atom. The van der Waals surface area contributed by atoms with Gasteiger partial charge in [-0.2, -0.15) is 0 Å². The second-order valence-corrected chi connectivity index (χ2v) is 4.50. The first-order valence-corrected chi connectivity index (χ1v) is 6.34. The lowest BCUT2D eigenvalue weighted by atomic mass is 10.0. The highest BCUT2D eigenvalue weighted by Gasteiger charge is 2.12. The van der Waals surface area contributed by atoms with Crippen molar-refractivity contribution in [2.75, 3.05) is 19.8 Å². The summed E-state index contributed by atoms with van der Waals surface area (Å²) in [6.07, 6.45) is 6.56. The van der Waals surface area contributed by atoms with Gasteiger partial charge in [0.05, 0.1) is 5.69 Å². The average molecular weight is 236 g/mol. The first-order valence-electron chi connectivity index (χ1n) is 6.34. The van der Waals surface area contributed by atoms with E-state index in [9.17, 15) is 4.79 Å².